The number of esters is 1. The van der Waals surface area contributed by atoms with E-state index in [-0.39, 0.29) is 24.0 Å². The van der Waals surface area contributed by atoms with E-state index in [0.29, 0.717) is 23.9 Å². The van der Waals surface area contributed by atoms with Crippen molar-refractivity contribution in [2.45, 2.75) is 26.8 Å². The van der Waals surface area contributed by atoms with Gasteiger partial charge in [-0.25, -0.2) is 4.98 Å². The van der Waals surface area contributed by atoms with Crippen molar-refractivity contribution in [3.05, 3.63) is 39.4 Å². The minimum atomic E-state index is -0.339. The molecule has 0 spiro atoms. The Kier molecular flexibility index (Phi) is 5.12. The number of aromatic nitrogens is 2. The Bertz CT molecular complexity index is 712. The molecule has 0 amide bonds. The maximum atomic E-state index is 12.5. The molecule has 112 valence electrons. The minimum absolute atomic E-state index is 0.149. The van der Waals surface area contributed by atoms with Crippen molar-refractivity contribution in [1.82, 2.24) is 9.55 Å². The van der Waals surface area contributed by atoms with Crippen LogP contribution in [0.15, 0.2) is 33.8 Å². The fraction of sp³-hybridized carbons (Fsp3) is 0.400. The molecule has 5 nitrogen and oxygen atoms in total. The molecule has 0 saturated carbocycles. The quantitative estimate of drug-likeness (QED) is 0.776. The molecule has 0 aliphatic carbocycles. The van der Waals surface area contributed by atoms with Crippen LogP contribution in [0.3, 0.4) is 0 Å². The zero-order chi connectivity index (χ0) is 15.4. The van der Waals surface area contributed by atoms with Gasteiger partial charge in [-0.15, -0.1) is 0 Å². The summed E-state index contributed by atoms with van der Waals surface area (Å²) in [5.74, 6) is -0.615. The SMILES string of the molecule is CCOC(=O)C(CC)Cn1cnc2ccc(Br)cc2c1=O. The van der Waals surface area contributed by atoms with Gasteiger partial charge in [-0.2, -0.15) is 0 Å². The van der Waals surface area contributed by atoms with Crippen LogP contribution in [0.5, 0.6) is 0 Å². The third kappa shape index (κ3) is 3.50. The number of benzene rings is 1. The van der Waals surface area contributed by atoms with Crippen molar-refractivity contribution < 1.29 is 9.53 Å². The molecule has 1 aromatic carbocycles. The monoisotopic (exact) mass is 352 g/mol. The molecule has 0 aliphatic rings. The molecule has 0 bridgehead atoms. The molecule has 0 N–H and O–H groups in total. The van der Waals surface area contributed by atoms with Gasteiger partial charge in [0, 0.05) is 11.0 Å². The maximum Gasteiger partial charge on any atom is 0.310 e. The second-order valence-corrected chi connectivity index (χ2v) is 5.64. The summed E-state index contributed by atoms with van der Waals surface area (Å²) in [6, 6.07) is 5.37. The van der Waals surface area contributed by atoms with Gasteiger partial charge < -0.3 is 4.74 Å². The first-order valence-corrected chi connectivity index (χ1v) is 7.67. The third-order valence-corrected chi connectivity index (χ3v) is 3.81. The second kappa shape index (κ2) is 6.85. The molecule has 2 aromatic rings. The molecule has 0 aliphatic heterocycles. The lowest BCUT2D eigenvalue weighted by molar-refractivity contribution is -0.148. The number of hydrogen-bond acceptors (Lipinski definition) is 4. The maximum absolute atomic E-state index is 12.5. The van der Waals surface area contributed by atoms with E-state index in [1.807, 2.05) is 13.0 Å². The predicted octanol–water partition coefficient (Wildman–Crippen LogP) is 2.75. The number of carbonyl (C=O) groups is 1. The van der Waals surface area contributed by atoms with E-state index < -0.39 is 0 Å². The van der Waals surface area contributed by atoms with Crippen LogP contribution in [-0.2, 0) is 16.1 Å². The van der Waals surface area contributed by atoms with E-state index in [0.717, 1.165) is 4.47 Å². The van der Waals surface area contributed by atoms with E-state index in [2.05, 4.69) is 20.9 Å². The van der Waals surface area contributed by atoms with Crippen LogP contribution in [-0.4, -0.2) is 22.1 Å². The molecule has 1 unspecified atom stereocenters. The van der Waals surface area contributed by atoms with Gasteiger partial charge in [-0.3, -0.25) is 14.2 Å². The van der Waals surface area contributed by atoms with Crippen LogP contribution in [0.4, 0.5) is 0 Å². The lowest BCUT2D eigenvalue weighted by Crippen LogP contribution is -2.29. The highest BCUT2D eigenvalue weighted by atomic mass is 79.9. The topological polar surface area (TPSA) is 61.2 Å². The number of carbonyl (C=O) groups excluding carboxylic acids is 1. The summed E-state index contributed by atoms with van der Waals surface area (Å²) >= 11 is 3.35. The van der Waals surface area contributed by atoms with Gasteiger partial charge in [-0.1, -0.05) is 22.9 Å². The molecule has 6 heteroatoms. The van der Waals surface area contributed by atoms with Crippen molar-refractivity contribution in [3.63, 3.8) is 0 Å². The van der Waals surface area contributed by atoms with Gasteiger partial charge in [0.15, 0.2) is 0 Å². The number of rotatable bonds is 5. The molecular weight excluding hydrogens is 336 g/mol. The Morgan fingerprint density at radius 3 is 2.86 bits per heavy atom. The third-order valence-electron chi connectivity index (χ3n) is 3.32. The lowest BCUT2D eigenvalue weighted by atomic mass is 10.1. The van der Waals surface area contributed by atoms with E-state index in [9.17, 15) is 9.59 Å². The standard InChI is InChI=1S/C15H17BrN2O3/c1-3-10(15(20)21-4-2)8-18-9-17-13-6-5-11(16)7-12(13)14(18)19/h5-7,9-10H,3-4,8H2,1-2H3. The van der Waals surface area contributed by atoms with Gasteiger partial charge in [-0.05, 0) is 31.5 Å². The highest BCUT2D eigenvalue weighted by Crippen LogP contribution is 2.15. The Morgan fingerprint density at radius 2 is 2.19 bits per heavy atom. The molecule has 0 fully saturated rings. The van der Waals surface area contributed by atoms with Gasteiger partial charge in [0.1, 0.15) is 0 Å². The van der Waals surface area contributed by atoms with Crippen molar-refractivity contribution in [3.8, 4) is 0 Å². The molecular formula is C15H17BrN2O3. The summed E-state index contributed by atoms with van der Waals surface area (Å²) in [7, 11) is 0. The average molecular weight is 353 g/mol. The number of nitrogens with zero attached hydrogens (tertiary/aromatic N) is 2. The van der Waals surface area contributed by atoms with Gasteiger partial charge in [0.25, 0.3) is 5.56 Å². The Hall–Kier alpha value is -1.69. The van der Waals surface area contributed by atoms with Crippen LogP contribution >= 0.6 is 15.9 Å². The normalized spacial score (nSPS) is 12.3. The Morgan fingerprint density at radius 1 is 1.43 bits per heavy atom. The Labute approximate surface area is 131 Å². The first-order valence-electron chi connectivity index (χ1n) is 6.88. The largest absolute Gasteiger partial charge is 0.466 e. The number of halogens is 1. The van der Waals surface area contributed by atoms with Crippen molar-refractivity contribution in [1.29, 1.82) is 0 Å². The lowest BCUT2D eigenvalue weighted by Gasteiger charge is -2.15. The van der Waals surface area contributed by atoms with Crippen LogP contribution in [0.1, 0.15) is 20.3 Å². The smallest absolute Gasteiger partial charge is 0.310 e. The van der Waals surface area contributed by atoms with Crippen LogP contribution in [0.2, 0.25) is 0 Å². The van der Waals surface area contributed by atoms with E-state index in [1.54, 1.807) is 19.1 Å². The highest BCUT2D eigenvalue weighted by molar-refractivity contribution is 9.10. The van der Waals surface area contributed by atoms with Crippen molar-refractivity contribution in [2.24, 2.45) is 5.92 Å². The highest BCUT2D eigenvalue weighted by Gasteiger charge is 2.19. The van der Waals surface area contributed by atoms with Gasteiger partial charge in [0.2, 0.25) is 0 Å². The second-order valence-electron chi connectivity index (χ2n) is 4.72. The van der Waals surface area contributed by atoms with Crippen LogP contribution in [0.25, 0.3) is 10.9 Å². The molecule has 1 atom stereocenters. The van der Waals surface area contributed by atoms with Crippen molar-refractivity contribution >= 4 is 32.8 Å². The first kappa shape index (κ1) is 15.7. The predicted molar refractivity (Wildman–Crippen MR) is 84.1 cm³/mol. The summed E-state index contributed by atoms with van der Waals surface area (Å²) < 4.78 is 7.33. The number of hydrogen-bond donors (Lipinski definition) is 0. The van der Waals surface area contributed by atoms with Gasteiger partial charge >= 0.3 is 5.97 Å². The van der Waals surface area contributed by atoms with Crippen molar-refractivity contribution in [2.75, 3.05) is 6.61 Å². The molecule has 2 rings (SSSR count). The zero-order valence-corrected chi connectivity index (χ0v) is 13.6. The first-order chi connectivity index (χ1) is 10.1. The number of fused-ring (bicyclic) bond motifs is 1. The summed E-state index contributed by atoms with van der Waals surface area (Å²) in [4.78, 5) is 28.6. The van der Waals surface area contributed by atoms with E-state index in [1.165, 1.54) is 10.9 Å². The minimum Gasteiger partial charge on any atom is -0.466 e. The molecule has 1 heterocycles. The molecule has 21 heavy (non-hydrogen) atoms. The van der Waals surface area contributed by atoms with Crippen LogP contribution < -0.4 is 5.56 Å². The van der Waals surface area contributed by atoms with E-state index >= 15 is 0 Å². The molecule has 0 saturated heterocycles. The Balaban J connectivity index is 2.36. The summed E-state index contributed by atoms with van der Waals surface area (Å²) in [5, 5.41) is 0.533. The van der Waals surface area contributed by atoms with E-state index in [4.69, 9.17) is 4.74 Å². The fourth-order valence-corrected chi connectivity index (χ4v) is 2.49. The fourth-order valence-electron chi connectivity index (χ4n) is 2.13. The summed E-state index contributed by atoms with van der Waals surface area (Å²) in [6.45, 7) is 4.29. The van der Waals surface area contributed by atoms with Crippen LogP contribution in [0, 0.1) is 5.92 Å². The summed E-state index contributed by atoms with van der Waals surface area (Å²) in [5.41, 5.74) is 0.493. The number of ether oxygens (including phenoxy) is 1. The average Bonchev–Trinajstić information content (AvgIpc) is 2.47. The zero-order valence-electron chi connectivity index (χ0n) is 12.0. The molecule has 0 radical (unpaired) electrons. The van der Waals surface area contributed by atoms with Gasteiger partial charge in [0.05, 0.1) is 29.8 Å². The molecule has 1 aromatic heterocycles. The summed E-state index contributed by atoms with van der Waals surface area (Å²) in [6.07, 6.45) is 2.10.